The summed E-state index contributed by atoms with van der Waals surface area (Å²) < 4.78 is 0. The van der Waals surface area contributed by atoms with Crippen molar-refractivity contribution >= 4 is 17.5 Å². The zero-order valence-electron chi connectivity index (χ0n) is 13.0. The highest BCUT2D eigenvalue weighted by Crippen LogP contribution is 2.58. The number of anilines is 1. The second-order valence-corrected chi connectivity index (χ2v) is 7.02. The van der Waals surface area contributed by atoms with Gasteiger partial charge in [0.2, 0.25) is 11.8 Å². The lowest BCUT2D eigenvalue weighted by Gasteiger charge is -2.30. The van der Waals surface area contributed by atoms with Crippen LogP contribution in [0, 0.1) is 11.3 Å². The number of carbonyl (C=O) groups is 2. The van der Waals surface area contributed by atoms with Crippen molar-refractivity contribution < 1.29 is 9.59 Å². The summed E-state index contributed by atoms with van der Waals surface area (Å²) in [6.45, 7) is 3.07. The van der Waals surface area contributed by atoms with Gasteiger partial charge in [-0.2, -0.15) is 0 Å². The van der Waals surface area contributed by atoms with Crippen LogP contribution < -0.4 is 5.32 Å². The summed E-state index contributed by atoms with van der Waals surface area (Å²) in [7, 11) is 0. The minimum absolute atomic E-state index is 0.127. The Balaban J connectivity index is 1.49. The Kier molecular flexibility index (Phi) is 3.03. The molecule has 4 nitrogen and oxygen atoms in total. The molecule has 22 heavy (non-hydrogen) atoms. The van der Waals surface area contributed by atoms with Crippen molar-refractivity contribution in [3.05, 3.63) is 29.3 Å². The van der Waals surface area contributed by atoms with Gasteiger partial charge >= 0.3 is 0 Å². The van der Waals surface area contributed by atoms with E-state index in [2.05, 4.69) is 11.4 Å². The van der Waals surface area contributed by atoms with Crippen molar-refractivity contribution in [3.8, 4) is 0 Å². The zero-order chi connectivity index (χ0) is 15.3. The van der Waals surface area contributed by atoms with Crippen molar-refractivity contribution in [2.75, 3.05) is 18.4 Å². The van der Waals surface area contributed by atoms with E-state index in [1.165, 1.54) is 17.5 Å². The summed E-state index contributed by atoms with van der Waals surface area (Å²) in [6, 6.07) is 6.24. The van der Waals surface area contributed by atoms with Gasteiger partial charge in [-0.3, -0.25) is 9.59 Å². The first-order valence-electron chi connectivity index (χ1n) is 8.28. The van der Waals surface area contributed by atoms with E-state index in [9.17, 15) is 9.59 Å². The number of likely N-dealkylation sites (tertiary alicyclic amines) is 1. The minimum Gasteiger partial charge on any atom is -0.343 e. The molecule has 1 aromatic rings. The molecule has 0 radical (unpaired) electrons. The molecule has 4 heteroatoms. The molecule has 1 saturated heterocycles. The Labute approximate surface area is 130 Å². The molecule has 0 bridgehead atoms. The quantitative estimate of drug-likeness (QED) is 0.911. The van der Waals surface area contributed by atoms with Crippen LogP contribution in [-0.4, -0.2) is 29.8 Å². The number of carbonyl (C=O) groups excluding carboxylic acids is 2. The van der Waals surface area contributed by atoms with E-state index in [0.717, 1.165) is 37.9 Å². The first-order valence-corrected chi connectivity index (χ1v) is 8.28. The number of benzene rings is 1. The lowest BCUT2D eigenvalue weighted by molar-refractivity contribution is -0.132. The number of fused-ring (bicyclic) bond motifs is 2. The first-order chi connectivity index (χ1) is 10.6. The van der Waals surface area contributed by atoms with Gasteiger partial charge in [-0.15, -0.1) is 0 Å². The summed E-state index contributed by atoms with van der Waals surface area (Å²) in [4.78, 5) is 26.2. The summed E-state index contributed by atoms with van der Waals surface area (Å²) >= 11 is 0. The van der Waals surface area contributed by atoms with E-state index in [-0.39, 0.29) is 17.2 Å². The molecule has 2 unspecified atom stereocenters. The summed E-state index contributed by atoms with van der Waals surface area (Å²) in [5.74, 6) is 0.643. The van der Waals surface area contributed by atoms with Crippen molar-refractivity contribution in [2.45, 2.75) is 39.0 Å². The van der Waals surface area contributed by atoms with Crippen molar-refractivity contribution in [1.82, 2.24) is 4.90 Å². The monoisotopic (exact) mass is 298 g/mol. The van der Waals surface area contributed by atoms with Crippen molar-refractivity contribution in [2.24, 2.45) is 11.3 Å². The Morgan fingerprint density at radius 1 is 1.32 bits per heavy atom. The van der Waals surface area contributed by atoms with E-state index in [1.807, 2.05) is 17.0 Å². The third-order valence-corrected chi connectivity index (χ3v) is 5.79. The average Bonchev–Trinajstić information content (AvgIpc) is 3.06. The van der Waals surface area contributed by atoms with E-state index >= 15 is 0 Å². The third kappa shape index (κ3) is 2.04. The highest BCUT2D eigenvalue weighted by atomic mass is 16.2. The normalized spacial score (nSPS) is 28.8. The van der Waals surface area contributed by atoms with E-state index in [0.29, 0.717) is 12.5 Å². The second-order valence-electron chi connectivity index (χ2n) is 7.02. The summed E-state index contributed by atoms with van der Waals surface area (Å²) in [5.41, 5.74) is 3.50. The minimum atomic E-state index is -0.215. The second kappa shape index (κ2) is 4.83. The van der Waals surface area contributed by atoms with Gasteiger partial charge in [0.05, 0.1) is 5.41 Å². The molecular formula is C18H22N2O2. The number of hydrogen-bond donors (Lipinski definition) is 1. The molecule has 0 spiro atoms. The smallest absolute Gasteiger partial charge is 0.231 e. The predicted molar refractivity (Wildman–Crippen MR) is 84.5 cm³/mol. The topological polar surface area (TPSA) is 49.4 Å². The van der Waals surface area contributed by atoms with Gasteiger partial charge in [-0.1, -0.05) is 12.1 Å². The fourth-order valence-electron chi connectivity index (χ4n) is 4.28. The molecule has 116 valence electrons. The van der Waals surface area contributed by atoms with Crippen molar-refractivity contribution in [1.29, 1.82) is 0 Å². The number of aryl methyl sites for hydroxylation is 1. The summed E-state index contributed by atoms with van der Waals surface area (Å²) in [6.07, 6.45) is 5.11. The van der Waals surface area contributed by atoms with E-state index in [1.54, 1.807) is 6.92 Å². The van der Waals surface area contributed by atoms with Crippen LogP contribution >= 0.6 is 0 Å². The van der Waals surface area contributed by atoms with Gasteiger partial charge in [0.15, 0.2) is 0 Å². The predicted octanol–water partition coefficient (Wildman–Crippen LogP) is 2.37. The summed E-state index contributed by atoms with van der Waals surface area (Å²) in [5, 5.41) is 3.20. The Morgan fingerprint density at radius 3 is 2.95 bits per heavy atom. The average molecular weight is 298 g/mol. The van der Waals surface area contributed by atoms with Crippen molar-refractivity contribution in [3.63, 3.8) is 0 Å². The number of piperidine rings is 1. The number of rotatable bonds is 2. The first kappa shape index (κ1) is 13.8. The highest BCUT2D eigenvalue weighted by molar-refractivity contribution is 5.98. The van der Waals surface area contributed by atoms with Crippen LogP contribution in [0.15, 0.2) is 18.2 Å². The van der Waals surface area contributed by atoms with Gasteiger partial charge in [0.1, 0.15) is 0 Å². The molecule has 2 aliphatic carbocycles. The molecule has 1 aromatic carbocycles. The fourth-order valence-corrected chi connectivity index (χ4v) is 4.28. The number of nitrogens with one attached hydrogen (secondary N) is 1. The zero-order valence-corrected chi connectivity index (χ0v) is 13.0. The Morgan fingerprint density at radius 2 is 2.18 bits per heavy atom. The van der Waals surface area contributed by atoms with Crippen LogP contribution in [0.25, 0.3) is 0 Å². The number of hydrogen-bond acceptors (Lipinski definition) is 2. The van der Waals surface area contributed by atoms with Gasteiger partial charge in [-0.05, 0) is 55.2 Å². The molecule has 2 fully saturated rings. The molecule has 3 aliphatic rings. The molecule has 1 saturated carbocycles. The molecule has 4 rings (SSSR count). The van der Waals surface area contributed by atoms with Gasteiger partial charge < -0.3 is 10.2 Å². The van der Waals surface area contributed by atoms with Gasteiger partial charge in [0.25, 0.3) is 0 Å². The van der Waals surface area contributed by atoms with Crippen LogP contribution in [0.4, 0.5) is 5.69 Å². The highest BCUT2D eigenvalue weighted by Gasteiger charge is 2.62. The molecule has 1 aliphatic heterocycles. The molecule has 1 heterocycles. The molecule has 2 atom stereocenters. The van der Waals surface area contributed by atoms with Gasteiger partial charge in [0, 0.05) is 25.7 Å². The Hall–Kier alpha value is -1.84. The Bertz CT molecular complexity index is 654. The van der Waals surface area contributed by atoms with E-state index in [4.69, 9.17) is 0 Å². The molecule has 2 amide bonds. The fraction of sp³-hybridized carbons (Fsp3) is 0.556. The number of nitrogens with zero attached hydrogens (tertiary/aromatic N) is 1. The maximum atomic E-state index is 12.8. The third-order valence-electron chi connectivity index (χ3n) is 5.79. The van der Waals surface area contributed by atoms with Crippen LogP contribution in [0.2, 0.25) is 0 Å². The lowest BCUT2D eigenvalue weighted by Crippen LogP contribution is -2.41. The van der Waals surface area contributed by atoms with Crippen LogP contribution in [0.5, 0.6) is 0 Å². The molecular weight excluding hydrogens is 276 g/mol. The maximum absolute atomic E-state index is 12.8. The molecule has 0 aromatic heterocycles. The SMILES string of the molecule is CC(=O)N1CCC2(C(=O)Nc3cccc4c3CCC4)CC2C1. The standard InChI is InChI=1S/C18H22N2O2/c1-12(21)20-9-8-18(10-14(18)11-20)17(22)19-16-7-3-5-13-4-2-6-15(13)16/h3,5,7,14H,2,4,6,8-11H2,1H3,(H,19,22). The van der Waals surface area contributed by atoms with Gasteiger partial charge in [-0.25, -0.2) is 0 Å². The van der Waals surface area contributed by atoms with Crippen LogP contribution in [-0.2, 0) is 22.4 Å². The lowest BCUT2D eigenvalue weighted by atomic mass is 9.93. The van der Waals surface area contributed by atoms with Crippen LogP contribution in [0.3, 0.4) is 0 Å². The molecule has 1 N–H and O–H groups in total. The maximum Gasteiger partial charge on any atom is 0.231 e. The largest absolute Gasteiger partial charge is 0.343 e. The van der Waals surface area contributed by atoms with E-state index < -0.39 is 0 Å². The number of amides is 2. The van der Waals surface area contributed by atoms with Crippen LogP contribution in [0.1, 0.15) is 37.3 Å².